The van der Waals surface area contributed by atoms with Crippen molar-refractivity contribution in [1.29, 1.82) is 0 Å². The molecule has 4 nitrogen and oxygen atoms in total. The summed E-state index contributed by atoms with van der Waals surface area (Å²) in [6.07, 6.45) is 15.3. The standard InChI is InChI=1S/C26H43ClO4S/c1-4-7-9-11-12-14-16-22(15-13-10-8-5-2)21-31-23-17-19-24(20-18-23)32(29,30)25(6-3)26(27)28/h17-20,22,25H,4-16,21H2,1-3H3. The number of hydrogen-bond acceptors (Lipinski definition) is 4. The summed E-state index contributed by atoms with van der Waals surface area (Å²) in [6.45, 7) is 6.77. The first-order valence-electron chi connectivity index (χ1n) is 12.5. The summed E-state index contributed by atoms with van der Waals surface area (Å²) in [5, 5.41) is -2.05. The van der Waals surface area contributed by atoms with Crippen molar-refractivity contribution in [2.24, 2.45) is 5.92 Å². The summed E-state index contributed by atoms with van der Waals surface area (Å²) in [4.78, 5) is 11.6. The normalized spacial score (nSPS) is 13.6. The summed E-state index contributed by atoms with van der Waals surface area (Å²) < 4.78 is 31.3. The van der Waals surface area contributed by atoms with Gasteiger partial charge in [0, 0.05) is 0 Å². The van der Waals surface area contributed by atoms with E-state index in [9.17, 15) is 13.2 Å². The highest BCUT2D eigenvalue weighted by Crippen LogP contribution is 2.25. The van der Waals surface area contributed by atoms with Crippen LogP contribution < -0.4 is 4.74 Å². The lowest BCUT2D eigenvalue weighted by Crippen LogP contribution is -2.26. The Hall–Kier alpha value is -1.07. The van der Waals surface area contributed by atoms with Crippen molar-refractivity contribution in [3.63, 3.8) is 0 Å². The van der Waals surface area contributed by atoms with Crippen molar-refractivity contribution in [1.82, 2.24) is 0 Å². The van der Waals surface area contributed by atoms with E-state index in [1.807, 2.05) is 0 Å². The molecule has 1 aromatic carbocycles. The Labute approximate surface area is 201 Å². The van der Waals surface area contributed by atoms with Gasteiger partial charge < -0.3 is 4.74 Å². The van der Waals surface area contributed by atoms with Crippen LogP contribution in [0.15, 0.2) is 29.2 Å². The maximum absolute atomic E-state index is 12.6. The highest BCUT2D eigenvalue weighted by Gasteiger charge is 2.31. The Balaban J connectivity index is 2.63. The molecule has 2 unspecified atom stereocenters. The topological polar surface area (TPSA) is 60.4 Å². The number of halogens is 1. The lowest BCUT2D eigenvalue weighted by atomic mass is 9.95. The van der Waals surface area contributed by atoms with Gasteiger partial charge in [0.15, 0.2) is 9.84 Å². The van der Waals surface area contributed by atoms with Gasteiger partial charge in [-0.25, -0.2) is 8.42 Å². The van der Waals surface area contributed by atoms with Crippen LogP contribution in [0.3, 0.4) is 0 Å². The first kappa shape index (κ1) is 29.0. The second-order valence-corrected chi connectivity index (χ2v) is 11.3. The fraction of sp³-hybridized carbons (Fsp3) is 0.731. The fourth-order valence-corrected chi connectivity index (χ4v) is 6.02. The van der Waals surface area contributed by atoms with Gasteiger partial charge in [0.25, 0.3) is 0 Å². The highest BCUT2D eigenvalue weighted by molar-refractivity contribution is 7.93. The first-order valence-corrected chi connectivity index (χ1v) is 14.4. The Morgan fingerprint density at radius 1 is 0.844 bits per heavy atom. The number of carbonyl (C=O) groups is 1. The zero-order chi connectivity index (χ0) is 23.8. The second-order valence-electron chi connectivity index (χ2n) is 8.80. The van der Waals surface area contributed by atoms with Crippen LogP contribution in [0.4, 0.5) is 0 Å². The van der Waals surface area contributed by atoms with Gasteiger partial charge >= 0.3 is 0 Å². The number of carbonyl (C=O) groups excluding carboxylic acids is 1. The predicted octanol–water partition coefficient (Wildman–Crippen LogP) is 7.72. The van der Waals surface area contributed by atoms with Crippen molar-refractivity contribution < 1.29 is 17.9 Å². The van der Waals surface area contributed by atoms with Gasteiger partial charge in [-0.1, -0.05) is 85.0 Å². The molecule has 0 saturated carbocycles. The summed E-state index contributed by atoms with van der Waals surface area (Å²) in [7, 11) is -3.77. The quantitative estimate of drug-likeness (QED) is 0.148. The number of hydrogen-bond donors (Lipinski definition) is 0. The van der Waals surface area contributed by atoms with Crippen molar-refractivity contribution in [3.05, 3.63) is 24.3 Å². The van der Waals surface area contributed by atoms with Crippen molar-refractivity contribution in [2.75, 3.05) is 6.61 Å². The predicted molar refractivity (Wildman–Crippen MR) is 134 cm³/mol. The largest absolute Gasteiger partial charge is 0.493 e. The monoisotopic (exact) mass is 486 g/mol. The summed E-state index contributed by atoms with van der Waals surface area (Å²) in [5.41, 5.74) is 0. The van der Waals surface area contributed by atoms with Gasteiger partial charge in [0.1, 0.15) is 11.0 Å². The van der Waals surface area contributed by atoms with Crippen LogP contribution in [0, 0.1) is 5.92 Å². The molecule has 0 N–H and O–H groups in total. The van der Waals surface area contributed by atoms with Crippen LogP contribution in [-0.4, -0.2) is 25.5 Å². The van der Waals surface area contributed by atoms with Crippen LogP contribution in [0.2, 0.25) is 0 Å². The molecule has 184 valence electrons. The molecule has 0 spiro atoms. The lowest BCUT2D eigenvalue weighted by Gasteiger charge is -2.18. The molecular weight excluding hydrogens is 444 g/mol. The summed E-state index contributed by atoms with van der Waals surface area (Å²) in [6, 6.07) is 6.38. The van der Waals surface area contributed by atoms with E-state index >= 15 is 0 Å². The van der Waals surface area contributed by atoms with E-state index < -0.39 is 20.3 Å². The second kappa shape index (κ2) is 16.5. The average Bonchev–Trinajstić information content (AvgIpc) is 2.77. The Morgan fingerprint density at radius 2 is 1.34 bits per heavy atom. The third kappa shape index (κ3) is 10.7. The molecule has 2 atom stereocenters. The molecule has 1 rings (SSSR count). The molecule has 1 aromatic rings. The molecule has 0 fully saturated rings. The fourth-order valence-electron chi connectivity index (χ4n) is 3.99. The Morgan fingerprint density at radius 3 is 1.84 bits per heavy atom. The van der Waals surface area contributed by atoms with Crippen molar-refractivity contribution >= 4 is 26.7 Å². The van der Waals surface area contributed by atoms with Crippen LogP contribution in [0.5, 0.6) is 5.75 Å². The molecule has 0 amide bonds. The Bertz CT molecular complexity index is 731. The van der Waals surface area contributed by atoms with Gasteiger partial charge in [-0.15, -0.1) is 0 Å². The van der Waals surface area contributed by atoms with Gasteiger partial charge in [-0.05, 0) is 61.0 Å². The lowest BCUT2D eigenvalue weighted by molar-refractivity contribution is -0.111. The first-order chi connectivity index (χ1) is 15.4. The molecule has 0 aromatic heterocycles. The van der Waals surface area contributed by atoms with Gasteiger partial charge in [-0.2, -0.15) is 0 Å². The van der Waals surface area contributed by atoms with E-state index in [1.54, 1.807) is 19.1 Å². The maximum atomic E-state index is 12.6. The smallest absolute Gasteiger partial charge is 0.240 e. The zero-order valence-corrected chi connectivity index (χ0v) is 21.9. The van der Waals surface area contributed by atoms with Crippen LogP contribution in [0.1, 0.15) is 104 Å². The van der Waals surface area contributed by atoms with Gasteiger partial charge in [0.2, 0.25) is 5.24 Å². The minimum Gasteiger partial charge on any atom is -0.493 e. The Kier molecular flexibility index (Phi) is 15.0. The number of unbranched alkanes of at least 4 members (excludes halogenated alkanes) is 8. The molecule has 0 heterocycles. The van der Waals surface area contributed by atoms with Crippen LogP contribution in [-0.2, 0) is 14.6 Å². The minimum absolute atomic E-state index is 0.105. The molecule has 0 aliphatic heterocycles. The summed E-state index contributed by atoms with van der Waals surface area (Å²) in [5.74, 6) is 1.19. The van der Waals surface area contributed by atoms with E-state index in [2.05, 4.69) is 13.8 Å². The summed E-state index contributed by atoms with van der Waals surface area (Å²) >= 11 is 5.49. The maximum Gasteiger partial charge on any atom is 0.240 e. The zero-order valence-electron chi connectivity index (χ0n) is 20.3. The third-order valence-corrected chi connectivity index (χ3v) is 8.69. The number of ether oxygens (including phenoxy) is 1. The molecule has 0 saturated heterocycles. The highest BCUT2D eigenvalue weighted by atomic mass is 35.5. The molecule has 0 bridgehead atoms. The number of sulfone groups is 1. The van der Waals surface area contributed by atoms with Crippen LogP contribution in [0.25, 0.3) is 0 Å². The number of benzene rings is 1. The van der Waals surface area contributed by atoms with Crippen LogP contribution >= 0.6 is 11.6 Å². The minimum atomic E-state index is -3.77. The average molecular weight is 487 g/mol. The van der Waals surface area contributed by atoms with Gasteiger partial charge in [-0.3, -0.25) is 4.79 Å². The van der Waals surface area contributed by atoms with E-state index in [1.165, 1.54) is 89.2 Å². The third-order valence-electron chi connectivity index (χ3n) is 6.07. The molecular formula is C26H43ClO4S. The van der Waals surface area contributed by atoms with E-state index in [0.29, 0.717) is 18.3 Å². The molecule has 0 aliphatic carbocycles. The molecule has 0 radical (unpaired) electrons. The van der Waals surface area contributed by atoms with E-state index in [-0.39, 0.29) is 11.3 Å². The van der Waals surface area contributed by atoms with Crippen molar-refractivity contribution in [2.45, 2.75) is 114 Å². The molecule has 32 heavy (non-hydrogen) atoms. The van der Waals surface area contributed by atoms with E-state index in [0.717, 1.165) is 0 Å². The number of rotatable bonds is 19. The van der Waals surface area contributed by atoms with Crippen molar-refractivity contribution in [3.8, 4) is 5.75 Å². The SMILES string of the molecule is CCCCCCCCC(CCCCCC)COc1ccc(S(=O)(=O)C(CC)C(=O)Cl)cc1. The molecule has 6 heteroatoms. The van der Waals surface area contributed by atoms with Gasteiger partial charge in [0.05, 0.1) is 11.5 Å². The molecule has 0 aliphatic rings. The van der Waals surface area contributed by atoms with E-state index in [4.69, 9.17) is 16.3 Å².